The second kappa shape index (κ2) is 5.19. The predicted molar refractivity (Wildman–Crippen MR) is 67.7 cm³/mol. The first-order chi connectivity index (χ1) is 8.95. The summed E-state index contributed by atoms with van der Waals surface area (Å²) < 4.78 is 26.3. The van der Waals surface area contributed by atoms with E-state index in [1.807, 2.05) is 0 Å². The van der Waals surface area contributed by atoms with Gasteiger partial charge in [-0.05, 0) is 24.3 Å². The van der Waals surface area contributed by atoms with Crippen molar-refractivity contribution in [3.8, 4) is 0 Å². The molecule has 0 unspecified atom stereocenters. The molecule has 0 atom stereocenters. The van der Waals surface area contributed by atoms with Crippen molar-refractivity contribution in [1.82, 2.24) is 0 Å². The standard InChI is InChI=1S/C12H7ClF2N2O2/c13-11-2-1-7(14)5-12(11)16-9-3-8(15)4-10(6-9)17(18)19/h1-6,16H. The molecule has 0 aliphatic rings. The van der Waals surface area contributed by atoms with Crippen LogP contribution in [0.5, 0.6) is 0 Å². The zero-order valence-electron chi connectivity index (χ0n) is 9.36. The highest BCUT2D eigenvalue weighted by Crippen LogP contribution is 2.28. The van der Waals surface area contributed by atoms with E-state index in [0.29, 0.717) is 0 Å². The number of nitrogens with one attached hydrogen (secondary N) is 1. The van der Waals surface area contributed by atoms with Crippen molar-refractivity contribution in [2.45, 2.75) is 0 Å². The van der Waals surface area contributed by atoms with Crippen LogP contribution in [0.4, 0.5) is 25.8 Å². The molecule has 0 fully saturated rings. The van der Waals surface area contributed by atoms with Crippen LogP contribution < -0.4 is 5.32 Å². The molecule has 0 amide bonds. The summed E-state index contributed by atoms with van der Waals surface area (Å²) >= 11 is 5.83. The summed E-state index contributed by atoms with van der Waals surface area (Å²) in [7, 11) is 0. The average Bonchev–Trinajstić information content (AvgIpc) is 2.33. The van der Waals surface area contributed by atoms with Crippen molar-refractivity contribution in [3.63, 3.8) is 0 Å². The van der Waals surface area contributed by atoms with E-state index >= 15 is 0 Å². The minimum atomic E-state index is -0.774. The van der Waals surface area contributed by atoms with Gasteiger partial charge in [0.2, 0.25) is 0 Å². The number of hydrogen-bond donors (Lipinski definition) is 1. The molecule has 7 heteroatoms. The summed E-state index contributed by atoms with van der Waals surface area (Å²) in [6.07, 6.45) is 0. The van der Waals surface area contributed by atoms with Crippen molar-refractivity contribution in [1.29, 1.82) is 0 Å². The Balaban J connectivity index is 2.38. The largest absolute Gasteiger partial charge is 0.354 e. The highest BCUT2D eigenvalue weighted by atomic mass is 35.5. The summed E-state index contributed by atoms with van der Waals surface area (Å²) in [5.74, 6) is -1.30. The van der Waals surface area contributed by atoms with Crippen LogP contribution in [0, 0.1) is 21.7 Å². The monoisotopic (exact) mass is 284 g/mol. The Bertz CT molecular complexity index is 650. The van der Waals surface area contributed by atoms with E-state index in [4.69, 9.17) is 11.6 Å². The van der Waals surface area contributed by atoms with E-state index in [1.165, 1.54) is 12.1 Å². The minimum absolute atomic E-state index is 0.110. The van der Waals surface area contributed by atoms with Gasteiger partial charge in [-0.3, -0.25) is 10.1 Å². The summed E-state index contributed by atoms with van der Waals surface area (Å²) in [6, 6.07) is 6.57. The van der Waals surface area contributed by atoms with Gasteiger partial charge in [-0.1, -0.05) is 11.6 Å². The fraction of sp³-hybridized carbons (Fsp3) is 0. The Hall–Kier alpha value is -2.21. The first-order valence-electron chi connectivity index (χ1n) is 5.13. The van der Waals surface area contributed by atoms with Crippen LogP contribution >= 0.6 is 11.6 Å². The summed E-state index contributed by atoms with van der Waals surface area (Å²) in [5, 5.41) is 13.5. The second-order valence-corrected chi connectivity index (χ2v) is 4.11. The Labute approximate surface area is 111 Å². The van der Waals surface area contributed by atoms with E-state index in [2.05, 4.69) is 5.32 Å². The number of rotatable bonds is 3. The van der Waals surface area contributed by atoms with Gasteiger partial charge in [0.05, 0.1) is 21.7 Å². The molecular formula is C12H7ClF2N2O2. The highest BCUT2D eigenvalue weighted by Gasteiger charge is 2.11. The maximum absolute atomic E-state index is 13.2. The minimum Gasteiger partial charge on any atom is -0.354 e. The molecule has 0 aromatic heterocycles. The van der Waals surface area contributed by atoms with E-state index in [9.17, 15) is 18.9 Å². The third-order valence-electron chi connectivity index (χ3n) is 2.30. The predicted octanol–water partition coefficient (Wildman–Crippen LogP) is 4.27. The number of nitrogens with zero attached hydrogens (tertiary/aromatic N) is 1. The summed E-state index contributed by atoms with van der Waals surface area (Å²) in [5.41, 5.74) is -0.101. The molecule has 2 rings (SSSR count). The lowest BCUT2D eigenvalue weighted by Crippen LogP contribution is -1.96. The fourth-order valence-electron chi connectivity index (χ4n) is 1.50. The van der Waals surface area contributed by atoms with Crippen LogP contribution in [0.15, 0.2) is 36.4 Å². The van der Waals surface area contributed by atoms with Gasteiger partial charge >= 0.3 is 0 Å². The van der Waals surface area contributed by atoms with E-state index < -0.39 is 22.2 Å². The molecule has 4 nitrogen and oxygen atoms in total. The SMILES string of the molecule is O=[N+]([O-])c1cc(F)cc(Nc2cc(F)ccc2Cl)c1. The molecule has 2 aromatic rings. The van der Waals surface area contributed by atoms with Crippen LogP contribution in [-0.2, 0) is 0 Å². The molecule has 19 heavy (non-hydrogen) atoms. The number of benzene rings is 2. The Morgan fingerprint density at radius 2 is 1.84 bits per heavy atom. The Kier molecular flexibility index (Phi) is 3.62. The molecule has 0 saturated carbocycles. The molecular weight excluding hydrogens is 278 g/mol. The van der Waals surface area contributed by atoms with E-state index in [-0.39, 0.29) is 16.4 Å². The second-order valence-electron chi connectivity index (χ2n) is 3.70. The topological polar surface area (TPSA) is 55.2 Å². The van der Waals surface area contributed by atoms with Crippen LogP contribution in [0.25, 0.3) is 0 Å². The first kappa shape index (κ1) is 13.2. The lowest BCUT2D eigenvalue weighted by atomic mass is 10.2. The van der Waals surface area contributed by atoms with Crippen LogP contribution in [0.3, 0.4) is 0 Å². The zero-order chi connectivity index (χ0) is 14.0. The van der Waals surface area contributed by atoms with Crippen molar-refractivity contribution in [3.05, 3.63) is 63.2 Å². The first-order valence-corrected chi connectivity index (χ1v) is 5.50. The van der Waals surface area contributed by atoms with Gasteiger partial charge in [-0.25, -0.2) is 8.78 Å². The fourth-order valence-corrected chi connectivity index (χ4v) is 1.67. The number of non-ortho nitro benzene ring substituents is 1. The molecule has 0 radical (unpaired) electrons. The molecule has 2 aromatic carbocycles. The van der Waals surface area contributed by atoms with Gasteiger partial charge in [0.15, 0.2) is 0 Å². The number of nitro benzene ring substituents is 1. The van der Waals surface area contributed by atoms with Crippen LogP contribution in [0.2, 0.25) is 5.02 Å². The van der Waals surface area contributed by atoms with Crippen molar-refractivity contribution in [2.24, 2.45) is 0 Å². The van der Waals surface area contributed by atoms with Gasteiger partial charge in [0.1, 0.15) is 11.6 Å². The van der Waals surface area contributed by atoms with Crippen molar-refractivity contribution < 1.29 is 13.7 Å². The van der Waals surface area contributed by atoms with Gasteiger partial charge in [0, 0.05) is 11.8 Å². The summed E-state index contributed by atoms with van der Waals surface area (Å²) in [4.78, 5) is 9.88. The number of halogens is 3. The molecule has 0 heterocycles. The van der Waals surface area contributed by atoms with Gasteiger partial charge in [0.25, 0.3) is 5.69 Å². The van der Waals surface area contributed by atoms with E-state index in [0.717, 1.165) is 24.3 Å². The van der Waals surface area contributed by atoms with Crippen LogP contribution in [-0.4, -0.2) is 4.92 Å². The maximum Gasteiger partial charge on any atom is 0.274 e. The molecule has 0 aliphatic heterocycles. The van der Waals surface area contributed by atoms with Gasteiger partial charge in [-0.2, -0.15) is 0 Å². The lowest BCUT2D eigenvalue weighted by molar-refractivity contribution is -0.385. The maximum atomic E-state index is 13.2. The number of nitro groups is 1. The quantitative estimate of drug-likeness (QED) is 0.676. The van der Waals surface area contributed by atoms with Gasteiger partial charge in [-0.15, -0.1) is 0 Å². The van der Waals surface area contributed by atoms with Crippen LogP contribution in [0.1, 0.15) is 0 Å². The highest BCUT2D eigenvalue weighted by molar-refractivity contribution is 6.33. The van der Waals surface area contributed by atoms with Gasteiger partial charge < -0.3 is 5.32 Å². The number of anilines is 2. The molecule has 0 saturated heterocycles. The lowest BCUT2D eigenvalue weighted by Gasteiger charge is -2.08. The third kappa shape index (κ3) is 3.17. The average molecular weight is 285 g/mol. The molecule has 0 bridgehead atoms. The number of hydrogen-bond acceptors (Lipinski definition) is 3. The third-order valence-corrected chi connectivity index (χ3v) is 2.63. The smallest absolute Gasteiger partial charge is 0.274 e. The zero-order valence-corrected chi connectivity index (χ0v) is 10.1. The molecule has 1 N–H and O–H groups in total. The van der Waals surface area contributed by atoms with Crippen molar-refractivity contribution in [2.75, 3.05) is 5.32 Å². The van der Waals surface area contributed by atoms with E-state index in [1.54, 1.807) is 0 Å². The molecule has 0 aliphatic carbocycles. The molecule has 0 spiro atoms. The Morgan fingerprint density at radius 3 is 2.53 bits per heavy atom. The van der Waals surface area contributed by atoms with Crippen molar-refractivity contribution >= 4 is 28.7 Å². The normalized spacial score (nSPS) is 10.3. The Morgan fingerprint density at radius 1 is 1.11 bits per heavy atom. The summed E-state index contributed by atoms with van der Waals surface area (Å²) in [6.45, 7) is 0. The molecule has 98 valence electrons.